The highest BCUT2D eigenvalue weighted by Gasteiger charge is 2.19. The minimum absolute atomic E-state index is 0.0934. The number of fused-ring (bicyclic) bond motifs is 1. The van der Waals surface area contributed by atoms with Gasteiger partial charge in [0.1, 0.15) is 18.0 Å². The molecule has 10 heteroatoms. The van der Waals surface area contributed by atoms with Gasteiger partial charge in [-0.1, -0.05) is 6.07 Å². The second kappa shape index (κ2) is 10.8. The van der Waals surface area contributed by atoms with E-state index < -0.39 is 4.92 Å². The average molecular weight is 491 g/mol. The number of benzene rings is 2. The summed E-state index contributed by atoms with van der Waals surface area (Å²) in [4.78, 5) is 28.0. The molecular weight excluding hydrogens is 464 g/mol. The molecule has 186 valence electrons. The smallest absolute Gasteiger partial charge is 0.276 e. The summed E-state index contributed by atoms with van der Waals surface area (Å²) >= 11 is 0. The van der Waals surface area contributed by atoms with Gasteiger partial charge in [0.2, 0.25) is 0 Å². The lowest BCUT2D eigenvalue weighted by Crippen LogP contribution is -2.25. The molecule has 0 aliphatic heterocycles. The first-order chi connectivity index (χ1) is 17.4. The summed E-state index contributed by atoms with van der Waals surface area (Å²) in [5, 5.41) is 14.2. The second-order valence-electron chi connectivity index (χ2n) is 8.12. The fourth-order valence-corrected chi connectivity index (χ4v) is 3.78. The lowest BCUT2D eigenvalue weighted by Gasteiger charge is -2.11. The number of nitro benzene ring substituents is 1. The summed E-state index contributed by atoms with van der Waals surface area (Å²) < 4.78 is 18.1. The molecule has 10 nitrogen and oxygen atoms in total. The topological polar surface area (TPSA) is 117 Å². The molecule has 36 heavy (non-hydrogen) atoms. The van der Waals surface area contributed by atoms with Gasteiger partial charge in [-0.05, 0) is 55.3 Å². The number of methoxy groups -OCH3 is 2. The quantitative estimate of drug-likeness (QED) is 0.262. The molecule has 0 radical (unpaired) electrons. The van der Waals surface area contributed by atoms with E-state index in [2.05, 4.69) is 10.3 Å². The number of carbonyl (C=O) groups is 1. The van der Waals surface area contributed by atoms with Crippen molar-refractivity contribution < 1.29 is 23.9 Å². The third kappa shape index (κ3) is 5.54. The highest BCUT2D eigenvalue weighted by molar-refractivity contribution is 5.94. The number of nitrogens with zero attached hydrogens (tertiary/aromatic N) is 3. The fraction of sp³-hybridized carbons (Fsp3) is 0.231. The van der Waals surface area contributed by atoms with E-state index in [4.69, 9.17) is 14.2 Å². The van der Waals surface area contributed by atoms with E-state index in [1.165, 1.54) is 20.3 Å². The number of nitro groups is 1. The van der Waals surface area contributed by atoms with Crippen molar-refractivity contribution in [3.8, 4) is 17.2 Å². The molecule has 0 saturated heterocycles. The zero-order valence-electron chi connectivity index (χ0n) is 20.2. The third-order valence-electron chi connectivity index (χ3n) is 5.61. The molecule has 0 fully saturated rings. The normalized spacial score (nSPS) is 10.8. The molecule has 2 aromatic carbocycles. The van der Waals surface area contributed by atoms with E-state index in [0.29, 0.717) is 29.2 Å². The largest absolute Gasteiger partial charge is 0.493 e. The first-order valence-electron chi connectivity index (χ1n) is 11.2. The Balaban J connectivity index is 1.33. The lowest BCUT2D eigenvalue weighted by molar-refractivity contribution is -0.385. The Morgan fingerprint density at radius 2 is 1.78 bits per heavy atom. The number of hydrogen-bond acceptors (Lipinski definition) is 7. The van der Waals surface area contributed by atoms with E-state index in [1.54, 1.807) is 30.3 Å². The van der Waals surface area contributed by atoms with Crippen LogP contribution in [0.4, 0.5) is 5.69 Å². The summed E-state index contributed by atoms with van der Waals surface area (Å²) in [6.45, 7) is 2.53. The summed E-state index contributed by atoms with van der Waals surface area (Å²) in [5.74, 6) is 0.982. The van der Waals surface area contributed by atoms with E-state index in [0.717, 1.165) is 16.9 Å². The molecule has 0 bridgehead atoms. The molecule has 0 aliphatic carbocycles. The van der Waals surface area contributed by atoms with Crippen LogP contribution >= 0.6 is 0 Å². The minimum Gasteiger partial charge on any atom is -0.493 e. The number of carbonyl (C=O) groups excluding carboxylic acids is 1. The maximum atomic E-state index is 12.6. The van der Waals surface area contributed by atoms with E-state index in [1.807, 2.05) is 35.9 Å². The van der Waals surface area contributed by atoms with Crippen LogP contribution in [0.15, 0.2) is 60.9 Å². The van der Waals surface area contributed by atoms with Crippen LogP contribution in [-0.4, -0.2) is 41.0 Å². The van der Waals surface area contributed by atoms with Crippen LogP contribution in [0.5, 0.6) is 17.2 Å². The lowest BCUT2D eigenvalue weighted by atomic mass is 10.1. The zero-order chi connectivity index (χ0) is 25.7. The third-order valence-corrected chi connectivity index (χ3v) is 5.61. The Hall–Kier alpha value is -4.60. The van der Waals surface area contributed by atoms with Crippen molar-refractivity contribution in [3.05, 3.63) is 93.4 Å². The van der Waals surface area contributed by atoms with Gasteiger partial charge in [-0.25, -0.2) is 4.98 Å². The van der Waals surface area contributed by atoms with Crippen LogP contribution in [0.1, 0.15) is 27.2 Å². The molecule has 0 spiro atoms. The maximum absolute atomic E-state index is 12.6. The van der Waals surface area contributed by atoms with Gasteiger partial charge >= 0.3 is 0 Å². The number of imidazole rings is 1. The fourth-order valence-electron chi connectivity index (χ4n) is 3.78. The molecule has 4 rings (SSSR count). The van der Waals surface area contributed by atoms with Crippen LogP contribution in [0.2, 0.25) is 0 Å². The second-order valence-corrected chi connectivity index (χ2v) is 8.12. The molecule has 0 unspecified atom stereocenters. The number of hydrogen-bond donors (Lipinski definition) is 1. The number of ether oxygens (including phenoxy) is 3. The SMILES string of the molecule is COc1cc(CCNC(=O)c2ccc(OCc3cn4cc(C)ccc4n3)cc2)c([N+](=O)[O-])cc1OC. The first-order valence-corrected chi connectivity index (χ1v) is 11.2. The van der Waals surface area contributed by atoms with Crippen molar-refractivity contribution in [3.63, 3.8) is 0 Å². The van der Waals surface area contributed by atoms with Gasteiger partial charge in [0.25, 0.3) is 11.6 Å². The molecule has 0 aliphatic rings. The van der Waals surface area contributed by atoms with Crippen molar-refractivity contribution in [2.75, 3.05) is 20.8 Å². The molecule has 0 saturated carbocycles. The summed E-state index contributed by atoms with van der Waals surface area (Å²) in [5.41, 5.74) is 3.58. The van der Waals surface area contributed by atoms with Gasteiger partial charge in [-0.15, -0.1) is 0 Å². The van der Waals surface area contributed by atoms with Gasteiger partial charge in [-0.2, -0.15) is 0 Å². The van der Waals surface area contributed by atoms with Gasteiger partial charge < -0.3 is 23.9 Å². The Morgan fingerprint density at radius 1 is 1.06 bits per heavy atom. The minimum atomic E-state index is -0.481. The number of pyridine rings is 1. The van der Waals surface area contributed by atoms with Crippen molar-refractivity contribution in [2.24, 2.45) is 0 Å². The molecule has 1 N–H and O–H groups in total. The van der Waals surface area contributed by atoms with Crippen molar-refractivity contribution in [1.82, 2.24) is 14.7 Å². The molecule has 2 heterocycles. The number of aromatic nitrogens is 2. The predicted octanol–water partition coefficient (Wildman–Crippen LogP) is 4.12. The molecule has 0 atom stereocenters. The summed E-state index contributed by atoms with van der Waals surface area (Å²) in [6, 6.07) is 13.6. The summed E-state index contributed by atoms with van der Waals surface area (Å²) in [7, 11) is 2.87. The van der Waals surface area contributed by atoms with Gasteiger partial charge in [0.05, 0.1) is 30.9 Å². The average Bonchev–Trinajstić information content (AvgIpc) is 3.29. The van der Waals surface area contributed by atoms with Crippen LogP contribution < -0.4 is 19.5 Å². The van der Waals surface area contributed by atoms with Crippen molar-refractivity contribution >= 4 is 17.2 Å². The van der Waals surface area contributed by atoms with Crippen LogP contribution in [-0.2, 0) is 13.0 Å². The van der Waals surface area contributed by atoms with Crippen LogP contribution in [0.3, 0.4) is 0 Å². The van der Waals surface area contributed by atoms with Gasteiger partial charge in [0, 0.05) is 30.1 Å². The van der Waals surface area contributed by atoms with E-state index in [-0.39, 0.29) is 30.3 Å². The monoisotopic (exact) mass is 490 g/mol. The van der Waals surface area contributed by atoms with Gasteiger partial charge in [-0.3, -0.25) is 14.9 Å². The Bertz CT molecular complexity index is 1400. The number of nitrogens with one attached hydrogen (secondary N) is 1. The van der Waals surface area contributed by atoms with E-state index in [9.17, 15) is 14.9 Å². The molecule has 4 aromatic rings. The van der Waals surface area contributed by atoms with Crippen LogP contribution in [0.25, 0.3) is 5.65 Å². The number of rotatable bonds is 10. The van der Waals surface area contributed by atoms with E-state index >= 15 is 0 Å². The molecule has 2 aromatic heterocycles. The van der Waals surface area contributed by atoms with Crippen molar-refractivity contribution in [1.29, 1.82) is 0 Å². The highest BCUT2D eigenvalue weighted by atomic mass is 16.6. The zero-order valence-corrected chi connectivity index (χ0v) is 20.2. The summed E-state index contributed by atoms with van der Waals surface area (Å²) in [6.07, 6.45) is 4.18. The van der Waals surface area contributed by atoms with Crippen molar-refractivity contribution in [2.45, 2.75) is 20.0 Å². The number of amides is 1. The molecule has 1 amide bonds. The number of aryl methyl sites for hydroxylation is 1. The van der Waals surface area contributed by atoms with Crippen LogP contribution in [0, 0.1) is 17.0 Å². The highest BCUT2D eigenvalue weighted by Crippen LogP contribution is 2.34. The Morgan fingerprint density at radius 3 is 2.47 bits per heavy atom. The standard InChI is InChI=1S/C26H26N4O6/c1-17-4-9-25-28-20(15-29(25)14-17)16-36-21-7-5-18(6-8-21)26(31)27-11-10-19-12-23(34-2)24(35-3)13-22(19)30(32)33/h4-9,12-15H,10-11,16H2,1-3H3,(H,27,31). The maximum Gasteiger partial charge on any atom is 0.276 e. The Kier molecular flexibility index (Phi) is 7.33. The van der Waals surface area contributed by atoms with Gasteiger partial charge in [0.15, 0.2) is 11.5 Å². The molecular formula is C26H26N4O6. The first kappa shape index (κ1) is 24.5. The predicted molar refractivity (Wildman–Crippen MR) is 133 cm³/mol. The Labute approximate surface area is 207 Å².